The molecular formula is C16H25ClN2O2. The SMILES string of the molecule is CCc1ccc(C(CO)NC(=O)C2(C)CCCN2)cc1.Cl. The molecule has 1 fully saturated rings. The largest absolute Gasteiger partial charge is 0.394 e. The van der Waals surface area contributed by atoms with Crippen LogP contribution in [0.3, 0.4) is 0 Å². The van der Waals surface area contributed by atoms with Gasteiger partial charge < -0.3 is 15.7 Å². The van der Waals surface area contributed by atoms with Crippen LogP contribution in [0.5, 0.6) is 0 Å². The Kier molecular flexibility index (Phi) is 6.65. The molecule has 3 N–H and O–H groups in total. The van der Waals surface area contributed by atoms with E-state index in [2.05, 4.69) is 17.6 Å². The number of hydrogen-bond donors (Lipinski definition) is 3. The Hall–Kier alpha value is -1.10. The average Bonchev–Trinajstić information content (AvgIpc) is 2.93. The summed E-state index contributed by atoms with van der Waals surface area (Å²) in [4.78, 5) is 12.3. The number of aliphatic hydroxyl groups excluding tert-OH is 1. The molecule has 2 atom stereocenters. The van der Waals surface area contributed by atoms with Gasteiger partial charge >= 0.3 is 0 Å². The van der Waals surface area contributed by atoms with Crippen molar-refractivity contribution in [2.75, 3.05) is 13.2 Å². The molecule has 0 aromatic heterocycles. The van der Waals surface area contributed by atoms with Gasteiger partial charge in [0, 0.05) is 0 Å². The normalized spacial score (nSPS) is 22.4. The molecule has 0 aliphatic carbocycles. The number of aryl methyl sites for hydroxylation is 1. The van der Waals surface area contributed by atoms with E-state index >= 15 is 0 Å². The summed E-state index contributed by atoms with van der Waals surface area (Å²) in [7, 11) is 0. The Labute approximate surface area is 132 Å². The van der Waals surface area contributed by atoms with Gasteiger partial charge in [-0.25, -0.2) is 0 Å². The monoisotopic (exact) mass is 312 g/mol. The van der Waals surface area contributed by atoms with Crippen LogP contribution >= 0.6 is 12.4 Å². The molecule has 5 heteroatoms. The number of aliphatic hydroxyl groups is 1. The maximum Gasteiger partial charge on any atom is 0.240 e. The van der Waals surface area contributed by atoms with Crippen molar-refractivity contribution >= 4 is 18.3 Å². The van der Waals surface area contributed by atoms with Gasteiger partial charge in [-0.3, -0.25) is 4.79 Å². The predicted molar refractivity (Wildman–Crippen MR) is 86.7 cm³/mol. The molecule has 0 radical (unpaired) electrons. The number of halogens is 1. The lowest BCUT2D eigenvalue weighted by Crippen LogP contribution is -2.52. The van der Waals surface area contributed by atoms with Gasteiger partial charge in [0.05, 0.1) is 18.2 Å². The van der Waals surface area contributed by atoms with E-state index in [0.717, 1.165) is 31.4 Å². The van der Waals surface area contributed by atoms with E-state index in [1.165, 1.54) is 5.56 Å². The van der Waals surface area contributed by atoms with Crippen molar-refractivity contribution in [3.05, 3.63) is 35.4 Å². The van der Waals surface area contributed by atoms with Crippen LogP contribution in [-0.2, 0) is 11.2 Å². The molecular weight excluding hydrogens is 288 g/mol. The molecule has 0 bridgehead atoms. The van der Waals surface area contributed by atoms with E-state index in [1.54, 1.807) is 0 Å². The van der Waals surface area contributed by atoms with Crippen LogP contribution < -0.4 is 10.6 Å². The first kappa shape index (κ1) is 18.0. The minimum absolute atomic E-state index is 0. The van der Waals surface area contributed by atoms with Crippen molar-refractivity contribution in [1.29, 1.82) is 0 Å². The zero-order valence-electron chi connectivity index (χ0n) is 12.7. The lowest BCUT2D eigenvalue weighted by atomic mass is 9.97. The lowest BCUT2D eigenvalue weighted by Gasteiger charge is -2.26. The summed E-state index contributed by atoms with van der Waals surface area (Å²) >= 11 is 0. The van der Waals surface area contributed by atoms with Gasteiger partial charge in [0.15, 0.2) is 0 Å². The quantitative estimate of drug-likeness (QED) is 0.779. The third kappa shape index (κ3) is 4.19. The van der Waals surface area contributed by atoms with Crippen molar-refractivity contribution in [3.8, 4) is 0 Å². The predicted octanol–water partition coefficient (Wildman–Crippen LogP) is 1.96. The summed E-state index contributed by atoms with van der Waals surface area (Å²) in [5.74, 6) is -0.0337. The van der Waals surface area contributed by atoms with Gasteiger partial charge in [0.1, 0.15) is 0 Å². The highest BCUT2D eigenvalue weighted by Crippen LogP contribution is 2.21. The van der Waals surface area contributed by atoms with Crippen LogP contribution in [-0.4, -0.2) is 29.7 Å². The summed E-state index contributed by atoms with van der Waals surface area (Å²) in [6, 6.07) is 7.70. The zero-order chi connectivity index (χ0) is 14.6. The van der Waals surface area contributed by atoms with Crippen molar-refractivity contribution < 1.29 is 9.90 Å². The zero-order valence-corrected chi connectivity index (χ0v) is 13.5. The fourth-order valence-electron chi connectivity index (χ4n) is 2.63. The Morgan fingerprint density at radius 1 is 1.43 bits per heavy atom. The van der Waals surface area contributed by atoms with Crippen LogP contribution in [0.15, 0.2) is 24.3 Å². The maximum atomic E-state index is 12.3. The fraction of sp³-hybridized carbons (Fsp3) is 0.562. The number of hydrogen-bond acceptors (Lipinski definition) is 3. The van der Waals surface area contributed by atoms with Gasteiger partial charge in [-0.05, 0) is 43.9 Å². The molecule has 1 amide bonds. The maximum absolute atomic E-state index is 12.3. The molecule has 1 saturated heterocycles. The first-order valence-electron chi connectivity index (χ1n) is 7.35. The smallest absolute Gasteiger partial charge is 0.240 e. The molecule has 118 valence electrons. The number of carbonyl (C=O) groups excluding carboxylic acids is 1. The standard InChI is InChI=1S/C16H24N2O2.ClH/c1-3-12-5-7-13(8-6-12)14(11-19)18-15(20)16(2)9-4-10-17-16;/h5-8,14,17,19H,3-4,9-11H2,1-2H3,(H,18,20);1H. The molecule has 1 aliphatic heterocycles. The van der Waals surface area contributed by atoms with E-state index in [1.807, 2.05) is 31.2 Å². The highest BCUT2D eigenvalue weighted by atomic mass is 35.5. The number of carbonyl (C=O) groups is 1. The Bertz CT molecular complexity index is 456. The van der Waals surface area contributed by atoms with Crippen LogP contribution in [0.1, 0.15) is 43.9 Å². The minimum Gasteiger partial charge on any atom is -0.394 e. The van der Waals surface area contributed by atoms with Gasteiger partial charge in [0.25, 0.3) is 0 Å². The van der Waals surface area contributed by atoms with E-state index in [-0.39, 0.29) is 31.0 Å². The van der Waals surface area contributed by atoms with Gasteiger partial charge in [-0.15, -0.1) is 12.4 Å². The van der Waals surface area contributed by atoms with Crippen molar-refractivity contribution in [1.82, 2.24) is 10.6 Å². The van der Waals surface area contributed by atoms with E-state index in [9.17, 15) is 9.90 Å². The molecule has 1 aromatic carbocycles. The summed E-state index contributed by atoms with van der Waals surface area (Å²) in [6.45, 7) is 4.81. The molecule has 2 unspecified atom stereocenters. The summed E-state index contributed by atoms with van der Waals surface area (Å²) in [5.41, 5.74) is 1.69. The fourth-order valence-corrected chi connectivity index (χ4v) is 2.63. The van der Waals surface area contributed by atoms with Crippen molar-refractivity contribution in [3.63, 3.8) is 0 Å². The van der Waals surface area contributed by atoms with Crippen LogP contribution in [0.4, 0.5) is 0 Å². The summed E-state index contributed by atoms with van der Waals surface area (Å²) in [6.07, 6.45) is 2.84. The summed E-state index contributed by atoms with van der Waals surface area (Å²) < 4.78 is 0. The molecule has 4 nitrogen and oxygen atoms in total. The number of amides is 1. The first-order chi connectivity index (χ1) is 9.59. The number of benzene rings is 1. The van der Waals surface area contributed by atoms with Crippen LogP contribution in [0.25, 0.3) is 0 Å². The van der Waals surface area contributed by atoms with Crippen molar-refractivity contribution in [2.24, 2.45) is 0 Å². The topological polar surface area (TPSA) is 61.4 Å². The molecule has 1 aliphatic rings. The van der Waals surface area contributed by atoms with Crippen molar-refractivity contribution in [2.45, 2.75) is 44.7 Å². The second-order valence-corrected chi connectivity index (χ2v) is 5.67. The Morgan fingerprint density at radius 2 is 2.10 bits per heavy atom. The molecule has 0 spiro atoms. The van der Waals surface area contributed by atoms with E-state index in [0.29, 0.717) is 0 Å². The van der Waals surface area contributed by atoms with E-state index < -0.39 is 5.54 Å². The highest BCUT2D eigenvalue weighted by molar-refractivity contribution is 5.86. The molecule has 21 heavy (non-hydrogen) atoms. The second kappa shape index (κ2) is 7.78. The highest BCUT2D eigenvalue weighted by Gasteiger charge is 2.36. The lowest BCUT2D eigenvalue weighted by molar-refractivity contribution is -0.127. The molecule has 1 aromatic rings. The Morgan fingerprint density at radius 3 is 2.57 bits per heavy atom. The van der Waals surface area contributed by atoms with Gasteiger partial charge in [0.2, 0.25) is 5.91 Å². The number of nitrogens with one attached hydrogen (secondary N) is 2. The van der Waals surface area contributed by atoms with E-state index in [4.69, 9.17) is 0 Å². The number of rotatable bonds is 5. The molecule has 0 saturated carbocycles. The first-order valence-corrected chi connectivity index (χ1v) is 7.35. The molecule has 1 heterocycles. The third-order valence-corrected chi connectivity index (χ3v) is 4.15. The van der Waals surface area contributed by atoms with Gasteiger partial charge in [-0.1, -0.05) is 31.2 Å². The third-order valence-electron chi connectivity index (χ3n) is 4.15. The summed E-state index contributed by atoms with van der Waals surface area (Å²) in [5, 5.41) is 15.7. The average molecular weight is 313 g/mol. The minimum atomic E-state index is -0.503. The Balaban J connectivity index is 0.00000220. The van der Waals surface area contributed by atoms with Gasteiger partial charge in [-0.2, -0.15) is 0 Å². The second-order valence-electron chi connectivity index (χ2n) is 5.67. The molecule has 2 rings (SSSR count). The van der Waals surface area contributed by atoms with Crippen LogP contribution in [0.2, 0.25) is 0 Å². The van der Waals surface area contributed by atoms with Crippen LogP contribution in [0, 0.1) is 0 Å².